The third-order valence-electron chi connectivity index (χ3n) is 0.404. The van der Waals surface area contributed by atoms with Crippen LogP contribution < -0.4 is 0 Å². The first-order chi connectivity index (χ1) is 3.56. The molecule has 1 N–H and O–H groups in total. The standard InChI is InChI=1S/C3H4F3NO/c4-3(5,6)1-2-7-8/h2,8H,1H2/b7-2-. The lowest BCUT2D eigenvalue weighted by atomic mass is 10.5. The van der Waals surface area contributed by atoms with Gasteiger partial charge in [-0.25, -0.2) is 0 Å². The second-order valence-electron chi connectivity index (χ2n) is 1.12. The summed E-state index contributed by atoms with van der Waals surface area (Å²) >= 11 is 0. The third-order valence-corrected chi connectivity index (χ3v) is 0.404. The molecule has 0 saturated heterocycles. The molecule has 0 fully saturated rings. The van der Waals surface area contributed by atoms with Gasteiger partial charge in [0, 0.05) is 0 Å². The van der Waals surface area contributed by atoms with E-state index in [4.69, 9.17) is 5.21 Å². The van der Waals surface area contributed by atoms with Gasteiger partial charge < -0.3 is 5.21 Å². The van der Waals surface area contributed by atoms with Gasteiger partial charge in [-0.05, 0) is 0 Å². The van der Waals surface area contributed by atoms with Crippen molar-refractivity contribution in [3.8, 4) is 0 Å². The topological polar surface area (TPSA) is 32.6 Å². The van der Waals surface area contributed by atoms with E-state index in [1.165, 1.54) is 0 Å². The zero-order chi connectivity index (χ0) is 6.62. The van der Waals surface area contributed by atoms with Gasteiger partial charge in [0.05, 0.1) is 12.6 Å². The molecule has 0 rings (SSSR count). The minimum Gasteiger partial charge on any atom is -0.411 e. The molecule has 0 aliphatic heterocycles. The van der Waals surface area contributed by atoms with Crippen molar-refractivity contribution in [3.63, 3.8) is 0 Å². The number of rotatable bonds is 1. The normalized spacial score (nSPS) is 12.9. The number of hydrogen-bond acceptors (Lipinski definition) is 2. The second kappa shape index (κ2) is 2.54. The molecule has 2 nitrogen and oxygen atoms in total. The summed E-state index contributed by atoms with van der Waals surface area (Å²) < 4.78 is 33.1. The van der Waals surface area contributed by atoms with Crippen LogP contribution in [0.15, 0.2) is 5.16 Å². The number of oxime groups is 1. The third kappa shape index (κ3) is 5.26. The monoisotopic (exact) mass is 127 g/mol. The number of halogens is 3. The first kappa shape index (κ1) is 7.26. The van der Waals surface area contributed by atoms with Crippen molar-refractivity contribution in [2.75, 3.05) is 0 Å². The molecule has 0 aliphatic rings. The molecule has 8 heavy (non-hydrogen) atoms. The van der Waals surface area contributed by atoms with E-state index < -0.39 is 12.6 Å². The lowest BCUT2D eigenvalue weighted by Crippen LogP contribution is -2.06. The maximum Gasteiger partial charge on any atom is 0.394 e. The second-order valence-corrected chi connectivity index (χ2v) is 1.12. The van der Waals surface area contributed by atoms with Gasteiger partial charge in [0.1, 0.15) is 0 Å². The maximum atomic E-state index is 11.0. The minimum absolute atomic E-state index is 0.389. The smallest absolute Gasteiger partial charge is 0.394 e. The molecular formula is C3H4F3NO. The predicted molar refractivity (Wildman–Crippen MR) is 21.0 cm³/mol. The van der Waals surface area contributed by atoms with Gasteiger partial charge >= 0.3 is 6.18 Å². The highest BCUT2D eigenvalue weighted by Gasteiger charge is 2.25. The van der Waals surface area contributed by atoms with Gasteiger partial charge in [-0.1, -0.05) is 0 Å². The molecule has 0 heterocycles. The first-order valence-corrected chi connectivity index (χ1v) is 1.79. The number of nitrogens with zero attached hydrogens (tertiary/aromatic N) is 1. The van der Waals surface area contributed by atoms with E-state index in [9.17, 15) is 13.2 Å². The van der Waals surface area contributed by atoms with Crippen LogP contribution in [0.5, 0.6) is 0 Å². The molecule has 0 aromatic heterocycles. The summed E-state index contributed by atoms with van der Waals surface area (Å²) in [7, 11) is 0. The molecule has 0 spiro atoms. The fourth-order valence-electron chi connectivity index (χ4n) is 0.144. The van der Waals surface area contributed by atoms with Crippen LogP contribution in [-0.4, -0.2) is 17.6 Å². The van der Waals surface area contributed by atoms with Crippen LogP contribution in [0.1, 0.15) is 6.42 Å². The highest BCUT2D eigenvalue weighted by Crippen LogP contribution is 2.17. The molecule has 0 unspecified atom stereocenters. The van der Waals surface area contributed by atoms with Crippen molar-refractivity contribution in [3.05, 3.63) is 0 Å². The molecule has 0 saturated carbocycles. The van der Waals surface area contributed by atoms with Crippen LogP contribution in [0.3, 0.4) is 0 Å². The Bertz CT molecular complexity index is 87.0. The number of hydrogen-bond donors (Lipinski definition) is 1. The summed E-state index contributed by atoms with van der Waals surface area (Å²) in [6, 6.07) is 0. The highest BCUT2D eigenvalue weighted by atomic mass is 19.4. The molecule has 0 radical (unpaired) electrons. The Kier molecular flexibility index (Phi) is 2.30. The summed E-state index contributed by atoms with van der Waals surface area (Å²) in [6.45, 7) is 0. The highest BCUT2D eigenvalue weighted by molar-refractivity contribution is 5.56. The zero-order valence-corrected chi connectivity index (χ0v) is 3.81. The fourth-order valence-corrected chi connectivity index (χ4v) is 0.144. The van der Waals surface area contributed by atoms with E-state index in [1.807, 2.05) is 0 Å². The molecule has 0 bridgehead atoms. The largest absolute Gasteiger partial charge is 0.411 e. The van der Waals surface area contributed by atoms with E-state index in [0.717, 1.165) is 0 Å². The van der Waals surface area contributed by atoms with Crippen LogP contribution in [0.2, 0.25) is 0 Å². The van der Waals surface area contributed by atoms with Gasteiger partial charge in [-0.2, -0.15) is 13.2 Å². The van der Waals surface area contributed by atoms with Gasteiger partial charge in [0.25, 0.3) is 0 Å². The van der Waals surface area contributed by atoms with Crippen LogP contribution in [0.4, 0.5) is 13.2 Å². The first-order valence-electron chi connectivity index (χ1n) is 1.79. The summed E-state index contributed by atoms with van der Waals surface area (Å²) in [4.78, 5) is 0. The molecule has 0 amide bonds. The Morgan fingerprint density at radius 1 is 1.50 bits per heavy atom. The van der Waals surface area contributed by atoms with Crippen molar-refractivity contribution in [1.82, 2.24) is 0 Å². The fraction of sp³-hybridized carbons (Fsp3) is 0.667. The van der Waals surface area contributed by atoms with Gasteiger partial charge in [0.2, 0.25) is 0 Å². The average Bonchev–Trinajstić information content (AvgIpc) is 1.59. The molecular weight excluding hydrogens is 123 g/mol. The summed E-state index contributed by atoms with van der Waals surface area (Å²) in [6.07, 6.45) is -5.05. The molecule has 0 aliphatic carbocycles. The number of alkyl halides is 3. The van der Waals surface area contributed by atoms with Gasteiger partial charge in [-0.3, -0.25) is 0 Å². The maximum absolute atomic E-state index is 11.0. The Hall–Kier alpha value is -0.740. The van der Waals surface area contributed by atoms with Crippen molar-refractivity contribution < 1.29 is 18.4 Å². The van der Waals surface area contributed by atoms with Gasteiger partial charge in [-0.15, -0.1) is 5.16 Å². The van der Waals surface area contributed by atoms with E-state index in [1.54, 1.807) is 0 Å². The van der Waals surface area contributed by atoms with Crippen LogP contribution >= 0.6 is 0 Å². The van der Waals surface area contributed by atoms with Crippen molar-refractivity contribution >= 4 is 6.21 Å². The van der Waals surface area contributed by atoms with E-state index in [2.05, 4.69) is 5.16 Å². The molecule has 48 valence electrons. The minimum atomic E-state index is -4.26. The Labute approximate surface area is 43.6 Å². The van der Waals surface area contributed by atoms with Crippen molar-refractivity contribution in [1.29, 1.82) is 0 Å². The Balaban J connectivity index is 3.39. The van der Waals surface area contributed by atoms with E-state index in [0.29, 0.717) is 6.21 Å². The summed E-state index contributed by atoms with van der Waals surface area (Å²) in [5.41, 5.74) is 0. The van der Waals surface area contributed by atoms with Crippen LogP contribution in [-0.2, 0) is 0 Å². The molecule has 0 aromatic rings. The molecule has 5 heteroatoms. The summed E-state index contributed by atoms with van der Waals surface area (Å²) in [5, 5.41) is 9.68. The van der Waals surface area contributed by atoms with Crippen LogP contribution in [0, 0.1) is 0 Å². The summed E-state index contributed by atoms with van der Waals surface area (Å²) in [5.74, 6) is 0. The van der Waals surface area contributed by atoms with E-state index >= 15 is 0 Å². The quantitative estimate of drug-likeness (QED) is 0.322. The average molecular weight is 127 g/mol. The lowest BCUT2D eigenvalue weighted by Gasteiger charge is -1.97. The SMILES string of the molecule is O/N=C\CC(F)(F)F. The molecule has 0 atom stereocenters. The zero-order valence-electron chi connectivity index (χ0n) is 3.81. The van der Waals surface area contributed by atoms with Crippen molar-refractivity contribution in [2.45, 2.75) is 12.6 Å². The predicted octanol–water partition coefficient (Wildman–Crippen LogP) is 1.40. The van der Waals surface area contributed by atoms with Crippen LogP contribution in [0.25, 0.3) is 0 Å². The van der Waals surface area contributed by atoms with Gasteiger partial charge in [0.15, 0.2) is 0 Å². The van der Waals surface area contributed by atoms with E-state index in [-0.39, 0.29) is 0 Å². The Morgan fingerprint density at radius 2 is 2.00 bits per heavy atom. The molecule has 0 aromatic carbocycles. The lowest BCUT2D eigenvalue weighted by molar-refractivity contribution is -0.120. The Morgan fingerprint density at radius 3 is 2.12 bits per heavy atom. The van der Waals surface area contributed by atoms with Crippen molar-refractivity contribution in [2.24, 2.45) is 5.16 Å².